The van der Waals surface area contributed by atoms with Crippen molar-refractivity contribution >= 4 is 5.91 Å². The van der Waals surface area contributed by atoms with Crippen LogP contribution in [-0.2, 0) is 9.53 Å². The summed E-state index contributed by atoms with van der Waals surface area (Å²) in [6, 6.07) is 9.49. The van der Waals surface area contributed by atoms with Crippen LogP contribution in [0, 0.1) is 0 Å². The number of carbonyl (C=O) groups excluding carboxylic acids is 1. The van der Waals surface area contributed by atoms with Gasteiger partial charge in [-0.3, -0.25) is 9.69 Å². The monoisotopic (exact) mass is 308 g/mol. The Kier molecular flexibility index (Phi) is 6.64. The third kappa shape index (κ3) is 4.98. The van der Waals surface area contributed by atoms with Crippen molar-refractivity contribution in [3.63, 3.8) is 0 Å². The maximum atomic E-state index is 11.9. The van der Waals surface area contributed by atoms with Crippen LogP contribution in [0.3, 0.4) is 0 Å². The Balaban J connectivity index is 1.65. The SMILES string of the molecule is CO[C@H]1C[C@@H](CO)N(CC(=O)NCCOc2ccccc2)C1. The van der Waals surface area contributed by atoms with Crippen LogP contribution in [0.25, 0.3) is 0 Å². The maximum absolute atomic E-state index is 11.9. The van der Waals surface area contributed by atoms with Gasteiger partial charge in [0, 0.05) is 19.7 Å². The summed E-state index contributed by atoms with van der Waals surface area (Å²) in [7, 11) is 1.66. The molecule has 1 saturated heterocycles. The third-order valence-corrected chi connectivity index (χ3v) is 3.82. The number of nitrogens with one attached hydrogen (secondary N) is 1. The first kappa shape index (κ1) is 16.7. The van der Waals surface area contributed by atoms with E-state index in [0.717, 1.165) is 12.2 Å². The van der Waals surface area contributed by atoms with Gasteiger partial charge in [0.2, 0.25) is 5.91 Å². The van der Waals surface area contributed by atoms with E-state index in [1.165, 1.54) is 0 Å². The molecule has 6 nitrogen and oxygen atoms in total. The predicted octanol–water partition coefficient (Wildman–Crippen LogP) is 0.263. The van der Waals surface area contributed by atoms with Crippen LogP contribution in [0.4, 0.5) is 0 Å². The summed E-state index contributed by atoms with van der Waals surface area (Å²) in [4.78, 5) is 13.9. The van der Waals surface area contributed by atoms with Gasteiger partial charge in [0.05, 0.1) is 25.8 Å². The molecular weight excluding hydrogens is 284 g/mol. The molecule has 1 aliphatic rings. The number of methoxy groups -OCH3 is 1. The molecule has 1 fully saturated rings. The van der Waals surface area contributed by atoms with Gasteiger partial charge in [0.25, 0.3) is 0 Å². The second-order valence-corrected chi connectivity index (χ2v) is 5.37. The van der Waals surface area contributed by atoms with Gasteiger partial charge in [0.1, 0.15) is 12.4 Å². The Hall–Kier alpha value is -1.63. The summed E-state index contributed by atoms with van der Waals surface area (Å²) in [6.45, 7) is 1.88. The Labute approximate surface area is 131 Å². The number of likely N-dealkylation sites (tertiary alicyclic amines) is 1. The van der Waals surface area contributed by atoms with Crippen LogP contribution in [0.2, 0.25) is 0 Å². The number of hydrogen-bond donors (Lipinski definition) is 2. The van der Waals surface area contributed by atoms with Gasteiger partial charge >= 0.3 is 0 Å². The molecule has 0 spiro atoms. The van der Waals surface area contributed by atoms with Crippen molar-refractivity contribution in [1.29, 1.82) is 0 Å². The van der Waals surface area contributed by atoms with E-state index in [4.69, 9.17) is 9.47 Å². The molecule has 0 bridgehead atoms. The summed E-state index contributed by atoms with van der Waals surface area (Å²) >= 11 is 0. The molecular formula is C16H24N2O4. The quantitative estimate of drug-likeness (QED) is 0.674. The van der Waals surface area contributed by atoms with Gasteiger partial charge in [-0.05, 0) is 18.6 Å². The van der Waals surface area contributed by atoms with E-state index in [1.54, 1.807) is 7.11 Å². The first-order valence-corrected chi connectivity index (χ1v) is 7.55. The number of amides is 1. The highest BCUT2D eigenvalue weighted by Gasteiger charge is 2.32. The standard InChI is InChI=1S/C16H24N2O4/c1-21-15-9-13(12-19)18(10-15)11-16(20)17-7-8-22-14-5-3-2-4-6-14/h2-6,13,15,19H,7-12H2,1H3,(H,17,20)/t13-,15-/m0/s1. The van der Waals surface area contributed by atoms with Crippen LogP contribution < -0.4 is 10.1 Å². The minimum absolute atomic E-state index is 0.00345. The number of rotatable bonds is 8. The second kappa shape index (κ2) is 8.73. The van der Waals surface area contributed by atoms with Crippen molar-refractivity contribution in [2.24, 2.45) is 0 Å². The Morgan fingerprint density at radius 1 is 1.41 bits per heavy atom. The molecule has 1 aliphatic heterocycles. The molecule has 1 heterocycles. The minimum Gasteiger partial charge on any atom is -0.492 e. The van der Waals surface area contributed by atoms with Crippen molar-refractivity contribution in [2.75, 3.05) is 40.0 Å². The topological polar surface area (TPSA) is 71.0 Å². The van der Waals surface area contributed by atoms with Gasteiger partial charge in [-0.25, -0.2) is 0 Å². The number of ether oxygens (including phenoxy) is 2. The molecule has 0 unspecified atom stereocenters. The number of para-hydroxylation sites is 1. The van der Waals surface area contributed by atoms with Gasteiger partial charge in [-0.15, -0.1) is 0 Å². The number of benzene rings is 1. The molecule has 0 radical (unpaired) electrons. The van der Waals surface area contributed by atoms with Gasteiger partial charge in [-0.1, -0.05) is 18.2 Å². The Bertz CT molecular complexity index is 455. The fraction of sp³-hybridized carbons (Fsp3) is 0.562. The fourth-order valence-corrected chi connectivity index (χ4v) is 2.61. The van der Waals surface area contributed by atoms with E-state index in [9.17, 15) is 9.90 Å². The van der Waals surface area contributed by atoms with Crippen LogP contribution in [-0.4, -0.2) is 68.0 Å². The zero-order valence-corrected chi connectivity index (χ0v) is 12.9. The van der Waals surface area contributed by atoms with Gasteiger partial charge in [0.15, 0.2) is 0 Å². The highest BCUT2D eigenvalue weighted by atomic mass is 16.5. The first-order chi connectivity index (χ1) is 10.7. The molecule has 22 heavy (non-hydrogen) atoms. The fourth-order valence-electron chi connectivity index (χ4n) is 2.61. The predicted molar refractivity (Wildman–Crippen MR) is 82.8 cm³/mol. The lowest BCUT2D eigenvalue weighted by molar-refractivity contribution is -0.122. The lowest BCUT2D eigenvalue weighted by Crippen LogP contribution is -2.42. The molecule has 1 aromatic carbocycles. The maximum Gasteiger partial charge on any atom is 0.234 e. The molecule has 122 valence electrons. The molecule has 1 aromatic rings. The van der Waals surface area contributed by atoms with E-state index >= 15 is 0 Å². The van der Waals surface area contributed by atoms with Crippen LogP contribution >= 0.6 is 0 Å². The lowest BCUT2D eigenvalue weighted by Gasteiger charge is -2.21. The van der Waals surface area contributed by atoms with E-state index in [1.807, 2.05) is 35.2 Å². The highest BCUT2D eigenvalue weighted by Crippen LogP contribution is 2.18. The van der Waals surface area contributed by atoms with Crippen LogP contribution in [0.1, 0.15) is 6.42 Å². The number of nitrogens with zero attached hydrogens (tertiary/aromatic N) is 1. The molecule has 1 amide bonds. The molecule has 6 heteroatoms. The summed E-state index contributed by atoms with van der Waals surface area (Å²) < 4.78 is 10.8. The molecule has 0 aromatic heterocycles. The summed E-state index contributed by atoms with van der Waals surface area (Å²) in [6.07, 6.45) is 0.851. The average Bonchev–Trinajstić information content (AvgIpc) is 2.94. The highest BCUT2D eigenvalue weighted by molar-refractivity contribution is 5.78. The lowest BCUT2D eigenvalue weighted by atomic mass is 10.2. The number of aliphatic hydroxyl groups excluding tert-OH is 1. The van der Waals surface area contributed by atoms with Crippen molar-refractivity contribution in [3.8, 4) is 5.75 Å². The smallest absolute Gasteiger partial charge is 0.234 e. The summed E-state index contributed by atoms with van der Waals surface area (Å²) in [5.41, 5.74) is 0. The molecule has 2 atom stereocenters. The van der Waals surface area contributed by atoms with Crippen molar-refractivity contribution in [2.45, 2.75) is 18.6 Å². The van der Waals surface area contributed by atoms with E-state index < -0.39 is 0 Å². The normalized spacial score (nSPS) is 21.7. The average molecular weight is 308 g/mol. The van der Waals surface area contributed by atoms with E-state index in [0.29, 0.717) is 19.7 Å². The minimum atomic E-state index is -0.0631. The summed E-state index contributed by atoms with van der Waals surface area (Å²) in [5.74, 6) is 0.728. The van der Waals surface area contributed by atoms with Gasteiger partial charge < -0.3 is 19.9 Å². The molecule has 2 N–H and O–H groups in total. The second-order valence-electron chi connectivity index (χ2n) is 5.37. The number of carbonyl (C=O) groups is 1. The van der Waals surface area contributed by atoms with Crippen molar-refractivity contribution < 1.29 is 19.4 Å². The molecule has 0 aliphatic carbocycles. The third-order valence-electron chi connectivity index (χ3n) is 3.82. The van der Waals surface area contributed by atoms with Crippen molar-refractivity contribution in [1.82, 2.24) is 10.2 Å². The Morgan fingerprint density at radius 2 is 2.18 bits per heavy atom. The largest absolute Gasteiger partial charge is 0.492 e. The Morgan fingerprint density at radius 3 is 2.86 bits per heavy atom. The zero-order chi connectivity index (χ0) is 15.8. The van der Waals surface area contributed by atoms with Crippen molar-refractivity contribution in [3.05, 3.63) is 30.3 Å². The van der Waals surface area contributed by atoms with E-state index in [2.05, 4.69) is 5.32 Å². The number of aliphatic hydroxyl groups is 1. The molecule has 2 rings (SSSR count). The number of hydrogen-bond acceptors (Lipinski definition) is 5. The summed E-state index contributed by atoms with van der Waals surface area (Å²) in [5, 5.41) is 12.2. The van der Waals surface area contributed by atoms with Crippen LogP contribution in [0.5, 0.6) is 5.75 Å². The van der Waals surface area contributed by atoms with Gasteiger partial charge in [-0.2, -0.15) is 0 Å². The van der Waals surface area contributed by atoms with Crippen LogP contribution in [0.15, 0.2) is 30.3 Å². The molecule has 0 saturated carbocycles. The van der Waals surface area contributed by atoms with E-state index in [-0.39, 0.29) is 31.2 Å². The first-order valence-electron chi connectivity index (χ1n) is 7.55. The zero-order valence-electron chi connectivity index (χ0n) is 12.9.